The van der Waals surface area contributed by atoms with Crippen molar-refractivity contribution in [2.24, 2.45) is 0 Å². The predicted molar refractivity (Wildman–Crippen MR) is 98.7 cm³/mol. The second kappa shape index (κ2) is 8.68. The molecule has 2 aromatic rings. The molecule has 6 nitrogen and oxygen atoms in total. The van der Waals surface area contributed by atoms with E-state index in [4.69, 9.17) is 4.74 Å². The van der Waals surface area contributed by atoms with Crippen molar-refractivity contribution in [3.8, 4) is 0 Å². The van der Waals surface area contributed by atoms with Crippen molar-refractivity contribution in [2.75, 3.05) is 6.54 Å². The normalized spacial score (nSPS) is 12.3. The molecular weight excluding hydrogens is 428 g/mol. The number of halogens is 4. The van der Waals surface area contributed by atoms with Crippen LogP contribution in [0, 0.1) is 30.2 Å². The van der Waals surface area contributed by atoms with Crippen molar-refractivity contribution in [3.05, 3.63) is 58.9 Å². The molecule has 0 unspecified atom stereocenters. The average molecular weight is 448 g/mol. The minimum absolute atomic E-state index is 0.0290. The summed E-state index contributed by atoms with van der Waals surface area (Å²) >= 11 is 0. The van der Waals surface area contributed by atoms with Gasteiger partial charge in [0.2, 0.25) is 10.0 Å². The van der Waals surface area contributed by atoms with Gasteiger partial charge in [0.1, 0.15) is 17.0 Å². The first-order chi connectivity index (χ1) is 13.7. The fourth-order valence-electron chi connectivity index (χ4n) is 2.47. The second-order valence-corrected chi connectivity index (χ2v) is 9.37. The molecule has 0 aliphatic heterocycles. The number of carbonyl (C=O) groups excluding carboxylic acids is 1. The molecule has 0 saturated heterocycles. The van der Waals surface area contributed by atoms with Crippen LogP contribution < -0.4 is 0 Å². The van der Waals surface area contributed by atoms with Crippen molar-refractivity contribution in [1.82, 2.24) is 9.29 Å². The third kappa shape index (κ3) is 5.33. The van der Waals surface area contributed by atoms with Gasteiger partial charge in [-0.1, -0.05) is 0 Å². The summed E-state index contributed by atoms with van der Waals surface area (Å²) in [6.07, 6.45) is 2.78. The summed E-state index contributed by atoms with van der Waals surface area (Å²) in [5, 5.41) is 0. The van der Waals surface area contributed by atoms with Crippen LogP contribution in [0.1, 0.15) is 31.9 Å². The Labute approximate surface area is 171 Å². The number of aryl methyl sites for hydroxylation is 1. The van der Waals surface area contributed by atoms with E-state index in [9.17, 15) is 30.8 Å². The van der Waals surface area contributed by atoms with E-state index in [1.165, 1.54) is 12.4 Å². The number of benzene rings is 1. The smallest absolute Gasteiger partial charge is 0.321 e. The summed E-state index contributed by atoms with van der Waals surface area (Å²) in [4.78, 5) is 14.7. The fourth-order valence-corrected chi connectivity index (χ4v) is 3.90. The van der Waals surface area contributed by atoms with E-state index in [0.717, 1.165) is 0 Å². The van der Waals surface area contributed by atoms with Gasteiger partial charge in [-0.2, -0.15) is 4.31 Å². The summed E-state index contributed by atoms with van der Waals surface area (Å²) < 4.78 is 86.3. The van der Waals surface area contributed by atoms with Crippen LogP contribution >= 0.6 is 0 Å². The molecule has 1 aromatic carbocycles. The molecule has 30 heavy (non-hydrogen) atoms. The van der Waals surface area contributed by atoms with Crippen LogP contribution in [-0.2, 0) is 26.1 Å². The highest BCUT2D eigenvalue weighted by molar-refractivity contribution is 7.89. The van der Waals surface area contributed by atoms with Crippen molar-refractivity contribution in [2.45, 2.75) is 44.7 Å². The molecule has 164 valence electrons. The lowest BCUT2D eigenvalue weighted by Crippen LogP contribution is -2.39. The fraction of sp³-hybridized carbons (Fsp3) is 0.368. The van der Waals surface area contributed by atoms with Crippen LogP contribution in [0.25, 0.3) is 0 Å². The number of pyridine rings is 1. The van der Waals surface area contributed by atoms with Crippen LogP contribution in [0.4, 0.5) is 17.6 Å². The van der Waals surface area contributed by atoms with Crippen LogP contribution in [0.2, 0.25) is 0 Å². The van der Waals surface area contributed by atoms with Gasteiger partial charge in [-0.3, -0.25) is 9.78 Å². The van der Waals surface area contributed by atoms with Gasteiger partial charge in [-0.05, 0) is 44.9 Å². The molecule has 2 rings (SSSR count). The Morgan fingerprint density at radius 3 is 2.33 bits per heavy atom. The van der Waals surface area contributed by atoms with E-state index in [0.29, 0.717) is 15.4 Å². The van der Waals surface area contributed by atoms with Crippen molar-refractivity contribution in [3.63, 3.8) is 0 Å². The highest BCUT2D eigenvalue weighted by Crippen LogP contribution is 2.27. The quantitative estimate of drug-likeness (QED) is 0.293. The van der Waals surface area contributed by atoms with Gasteiger partial charge >= 0.3 is 5.97 Å². The minimum atomic E-state index is -4.98. The van der Waals surface area contributed by atoms with Crippen molar-refractivity contribution >= 4 is 16.0 Å². The highest BCUT2D eigenvalue weighted by Gasteiger charge is 2.34. The van der Waals surface area contributed by atoms with Crippen LogP contribution in [-0.4, -0.2) is 35.8 Å². The number of carbonyl (C=O) groups is 1. The Hall–Kier alpha value is -2.53. The van der Waals surface area contributed by atoms with E-state index >= 15 is 0 Å². The van der Waals surface area contributed by atoms with E-state index in [1.54, 1.807) is 33.8 Å². The Morgan fingerprint density at radius 1 is 1.13 bits per heavy atom. The first-order valence-electron chi connectivity index (χ1n) is 8.68. The lowest BCUT2D eigenvalue weighted by Gasteiger charge is -2.25. The molecule has 0 saturated carbocycles. The molecule has 11 heteroatoms. The monoisotopic (exact) mass is 448 g/mol. The van der Waals surface area contributed by atoms with Crippen LogP contribution in [0.3, 0.4) is 0 Å². The minimum Gasteiger partial charge on any atom is -0.459 e. The standard InChI is InChI=1S/C19H20F4N2O4S/c1-11-5-6-24-8-12(11)9-25(10-15(26)29-19(2,3)4)30(27,28)14-7-13(20)16(21)18(23)17(14)22/h5-8H,9-10H2,1-4H3. The van der Waals surface area contributed by atoms with Crippen LogP contribution in [0.15, 0.2) is 29.4 Å². The summed E-state index contributed by atoms with van der Waals surface area (Å²) in [6, 6.07) is 1.60. The van der Waals surface area contributed by atoms with E-state index in [1.807, 2.05) is 0 Å². The second-order valence-electron chi connectivity index (χ2n) is 7.46. The van der Waals surface area contributed by atoms with Gasteiger partial charge in [-0.15, -0.1) is 0 Å². The first kappa shape index (κ1) is 23.7. The number of esters is 1. The van der Waals surface area contributed by atoms with Crippen LogP contribution in [0.5, 0.6) is 0 Å². The molecule has 0 bridgehead atoms. The van der Waals surface area contributed by atoms with Gasteiger partial charge in [-0.25, -0.2) is 26.0 Å². The molecule has 0 N–H and O–H groups in total. The van der Waals surface area contributed by atoms with E-state index < -0.39 is 62.8 Å². The van der Waals surface area contributed by atoms with Gasteiger partial charge in [0.15, 0.2) is 23.3 Å². The van der Waals surface area contributed by atoms with E-state index in [-0.39, 0.29) is 6.07 Å². The lowest BCUT2D eigenvalue weighted by atomic mass is 10.1. The molecule has 0 radical (unpaired) electrons. The molecule has 0 amide bonds. The molecule has 1 heterocycles. The number of hydrogen-bond acceptors (Lipinski definition) is 5. The Balaban J connectivity index is 2.55. The lowest BCUT2D eigenvalue weighted by molar-refractivity contribution is -0.155. The largest absolute Gasteiger partial charge is 0.459 e. The number of rotatable bonds is 6. The summed E-state index contributed by atoms with van der Waals surface area (Å²) in [5.41, 5.74) is 0.00946. The van der Waals surface area contributed by atoms with Gasteiger partial charge in [0.05, 0.1) is 0 Å². The SMILES string of the molecule is Cc1ccncc1CN(CC(=O)OC(C)(C)C)S(=O)(=O)c1cc(F)c(F)c(F)c1F. The number of aromatic nitrogens is 1. The third-order valence-electron chi connectivity index (χ3n) is 3.91. The highest BCUT2D eigenvalue weighted by atomic mass is 32.2. The van der Waals surface area contributed by atoms with E-state index in [2.05, 4.69) is 4.98 Å². The summed E-state index contributed by atoms with van der Waals surface area (Å²) in [5.74, 6) is -9.37. The number of hydrogen-bond donors (Lipinski definition) is 0. The number of sulfonamides is 1. The maximum absolute atomic E-state index is 14.2. The zero-order valence-corrected chi connectivity index (χ0v) is 17.5. The van der Waals surface area contributed by atoms with Crippen molar-refractivity contribution in [1.29, 1.82) is 0 Å². The Kier molecular flexibility index (Phi) is 6.87. The Bertz CT molecular complexity index is 1070. The molecule has 1 aromatic heterocycles. The molecule has 0 atom stereocenters. The maximum atomic E-state index is 14.2. The topological polar surface area (TPSA) is 76.6 Å². The molecular formula is C19H20F4N2O4S. The van der Waals surface area contributed by atoms with Gasteiger partial charge in [0, 0.05) is 25.0 Å². The number of nitrogens with zero attached hydrogens (tertiary/aromatic N) is 2. The summed E-state index contributed by atoms with van der Waals surface area (Å²) in [6.45, 7) is 4.96. The van der Waals surface area contributed by atoms with Gasteiger partial charge in [0.25, 0.3) is 0 Å². The Morgan fingerprint density at radius 2 is 1.77 bits per heavy atom. The average Bonchev–Trinajstić information content (AvgIpc) is 2.62. The third-order valence-corrected chi connectivity index (χ3v) is 5.70. The van der Waals surface area contributed by atoms with Gasteiger partial charge < -0.3 is 4.74 Å². The number of ether oxygens (including phenoxy) is 1. The molecule has 0 aliphatic rings. The molecule has 0 fully saturated rings. The van der Waals surface area contributed by atoms with Crippen molar-refractivity contribution < 1.29 is 35.5 Å². The first-order valence-corrected chi connectivity index (χ1v) is 10.1. The molecule has 0 spiro atoms. The zero-order valence-electron chi connectivity index (χ0n) is 16.7. The summed E-state index contributed by atoms with van der Waals surface area (Å²) in [7, 11) is -4.98. The predicted octanol–water partition coefficient (Wildman–Crippen LogP) is 3.48. The maximum Gasteiger partial charge on any atom is 0.321 e. The zero-order chi connectivity index (χ0) is 22.9. The molecule has 0 aliphatic carbocycles.